The van der Waals surface area contributed by atoms with E-state index in [1.54, 1.807) is 18.0 Å². The molecule has 7 heteroatoms. The van der Waals surface area contributed by atoms with Crippen molar-refractivity contribution in [1.82, 2.24) is 4.90 Å². The van der Waals surface area contributed by atoms with Gasteiger partial charge in [0.05, 0.1) is 10.6 Å². The summed E-state index contributed by atoms with van der Waals surface area (Å²) < 4.78 is 0. The first-order chi connectivity index (χ1) is 14.5. The minimum atomic E-state index is -1.10. The van der Waals surface area contributed by atoms with Crippen LogP contribution in [0.25, 0.3) is 0 Å². The molecule has 0 unspecified atom stereocenters. The first-order valence-electron chi connectivity index (χ1n) is 11.0. The van der Waals surface area contributed by atoms with Crippen molar-refractivity contribution < 1.29 is 19.5 Å². The molecule has 1 aromatic rings. The van der Waals surface area contributed by atoms with E-state index in [1.165, 1.54) is 4.90 Å². The highest BCUT2D eigenvalue weighted by Gasteiger charge is 2.42. The highest BCUT2D eigenvalue weighted by atomic mass is 32.1. The molecule has 1 atom stereocenters. The molecule has 1 saturated heterocycles. The molecule has 2 fully saturated rings. The number of carbonyl (C=O) groups is 3. The monoisotopic (exact) mass is 444 g/mol. The van der Waals surface area contributed by atoms with Crippen LogP contribution in [-0.4, -0.2) is 47.4 Å². The third-order valence-corrected chi connectivity index (χ3v) is 7.07. The van der Waals surface area contributed by atoms with Gasteiger partial charge in [0.2, 0.25) is 11.8 Å². The Hall–Kier alpha value is -2.33. The summed E-state index contributed by atoms with van der Waals surface area (Å²) in [6.45, 7) is 8.70. The number of thiophene rings is 1. The molecule has 1 saturated carbocycles. The highest BCUT2D eigenvalue weighted by molar-refractivity contribution is 7.15. The molecule has 0 bridgehead atoms. The van der Waals surface area contributed by atoms with E-state index in [0.29, 0.717) is 29.4 Å². The first-order valence-corrected chi connectivity index (χ1v) is 11.8. The standard InChI is InChI=1S/C24H32N2O4S/c1-15-6-8-16(9-7-15)21(27)26(18-11-13-25(5)22(18)28)19-14-17(10-12-24(2,3)4)31-20(19)23(29)30/h14-16,18H,6-9,11,13H2,1-5H3,(H,29,30)/t15?,16?,18-/m0/s1. The summed E-state index contributed by atoms with van der Waals surface area (Å²) in [7, 11) is 1.72. The van der Waals surface area contributed by atoms with Crippen molar-refractivity contribution in [3.05, 3.63) is 15.8 Å². The lowest BCUT2D eigenvalue weighted by molar-refractivity contribution is -0.131. The number of amides is 2. The Kier molecular flexibility index (Phi) is 6.80. The van der Waals surface area contributed by atoms with Crippen molar-refractivity contribution in [2.24, 2.45) is 17.3 Å². The fraction of sp³-hybridized carbons (Fsp3) is 0.625. The smallest absolute Gasteiger partial charge is 0.348 e. The molecule has 1 aliphatic heterocycles. The summed E-state index contributed by atoms with van der Waals surface area (Å²) in [6.07, 6.45) is 4.00. The molecule has 1 aromatic heterocycles. The van der Waals surface area contributed by atoms with Gasteiger partial charge < -0.3 is 10.0 Å². The van der Waals surface area contributed by atoms with Gasteiger partial charge in [0.1, 0.15) is 10.9 Å². The van der Waals surface area contributed by atoms with Gasteiger partial charge in [0.15, 0.2) is 0 Å². The van der Waals surface area contributed by atoms with Gasteiger partial charge in [0, 0.05) is 24.9 Å². The third kappa shape index (κ3) is 5.30. The topological polar surface area (TPSA) is 77.9 Å². The van der Waals surface area contributed by atoms with E-state index < -0.39 is 12.0 Å². The number of carboxylic acid groups (broad SMARTS) is 1. The Bertz CT molecular complexity index is 926. The van der Waals surface area contributed by atoms with Crippen LogP contribution in [0.4, 0.5) is 5.69 Å². The quantitative estimate of drug-likeness (QED) is 0.705. The third-order valence-electron chi connectivity index (χ3n) is 6.04. The van der Waals surface area contributed by atoms with Crippen molar-refractivity contribution >= 4 is 34.8 Å². The molecule has 2 amide bonds. The second kappa shape index (κ2) is 9.04. The number of likely N-dealkylation sites (N-methyl/N-ethyl adjacent to an activating group) is 1. The van der Waals surface area contributed by atoms with Crippen LogP contribution in [-0.2, 0) is 9.59 Å². The first kappa shape index (κ1) is 23.3. The molecule has 31 heavy (non-hydrogen) atoms. The molecule has 6 nitrogen and oxygen atoms in total. The summed E-state index contributed by atoms with van der Waals surface area (Å²) in [5, 5.41) is 9.87. The maximum Gasteiger partial charge on any atom is 0.348 e. The zero-order valence-corrected chi connectivity index (χ0v) is 19.8. The van der Waals surface area contributed by atoms with Crippen LogP contribution < -0.4 is 4.90 Å². The van der Waals surface area contributed by atoms with Gasteiger partial charge in [-0.05, 0) is 64.9 Å². The molecule has 2 aliphatic rings. The van der Waals surface area contributed by atoms with Gasteiger partial charge in [-0.1, -0.05) is 18.8 Å². The van der Waals surface area contributed by atoms with Crippen LogP contribution >= 0.6 is 11.3 Å². The van der Waals surface area contributed by atoms with E-state index in [4.69, 9.17) is 0 Å². The summed E-state index contributed by atoms with van der Waals surface area (Å²) in [4.78, 5) is 42.4. The van der Waals surface area contributed by atoms with Gasteiger partial charge >= 0.3 is 5.97 Å². The number of hydrogen-bond acceptors (Lipinski definition) is 4. The Morgan fingerprint density at radius 3 is 2.35 bits per heavy atom. The van der Waals surface area contributed by atoms with Crippen molar-refractivity contribution in [3.63, 3.8) is 0 Å². The van der Waals surface area contributed by atoms with E-state index >= 15 is 0 Å². The number of hydrogen-bond donors (Lipinski definition) is 1. The van der Waals surface area contributed by atoms with E-state index in [9.17, 15) is 19.5 Å². The van der Waals surface area contributed by atoms with Crippen LogP contribution in [0.1, 0.15) is 74.3 Å². The number of nitrogens with zero attached hydrogens (tertiary/aromatic N) is 2. The Balaban J connectivity index is 2.05. The number of carboxylic acids is 1. The number of likely N-dealkylation sites (tertiary alicyclic amines) is 1. The minimum absolute atomic E-state index is 0.0677. The molecule has 168 valence electrons. The van der Waals surface area contributed by atoms with Crippen LogP contribution in [0, 0.1) is 29.1 Å². The van der Waals surface area contributed by atoms with Crippen molar-refractivity contribution in [2.45, 2.75) is 65.8 Å². The fourth-order valence-electron chi connectivity index (χ4n) is 4.21. The molecular weight excluding hydrogens is 412 g/mol. The second-order valence-electron chi connectivity index (χ2n) is 9.86. The maximum absolute atomic E-state index is 13.7. The normalized spacial score (nSPS) is 24.0. The molecule has 0 aromatic carbocycles. The Morgan fingerprint density at radius 2 is 1.84 bits per heavy atom. The summed E-state index contributed by atoms with van der Waals surface area (Å²) in [5.74, 6) is 5.24. The van der Waals surface area contributed by atoms with Gasteiger partial charge in [-0.2, -0.15) is 0 Å². The molecule has 2 heterocycles. The second-order valence-corrected chi connectivity index (χ2v) is 10.9. The molecule has 3 rings (SSSR count). The lowest BCUT2D eigenvalue weighted by atomic mass is 9.82. The molecular formula is C24H32N2O4S. The average molecular weight is 445 g/mol. The van der Waals surface area contributed by atoms with E-state index in [0.717, 1.165) is 37.0 Å². The van der Waals surface area contributed by atoms with Crippen molar-refractivity contribution in [2.75, 3.05) is 18.5 Å². The largest absolute Gasteiger partial charge is 0.477 e. The number of carbonyl (C=O) groups excluding carboxylic acids is 2. The molecule has 0 radical (unpaired) electrons. The predicted molar refractivity (Wildman–Crippen MR) is 122 cm³/mol. The average Bonchev–Trinajstić information content (AvgIpc) is 3.26. The highest BCUT2D eigenvalue weighted by Crippen LogP contribution is 2.37. The van der Waals surface area contributed by atoms with E-state index in [-0.39, 0.29) is 28.0 Å². The maximum atomic E-state index is 13.7. The van der Waals surface area contributed by atoms with Gasteiger partial charge in [-0.25, -0.2) is 4.79 Å². The van der Waals surface area contributed by atoms with Crippen molar-refractivity contribution in [1.29, 1.82) is 0 Å². The zero-order valence-electron chi connectivity index (χ0n) is 19.0. The summed E-state index contributed by atoms with van der Waals surface area (Å²) in [6, 6.07) is 1.02. The molecule has 0 spiro atoms. The van der Waals surface area contributed by atoms with E-state index in [1.807, 2.05) is 20.8 Å². The molecule has 1 N–H and O–H groups in total. The van der Waals surface area contributed by atoms with E-state index in [2.05, 4.69) is 18.8 Å². The number of anilines is 1. The van der Waals surface area contributed by atoms with Crippen LogP contribution in [0.3, 0.4) is 0 Å². The van der Waals surface area contributed by atoms with Crippen LogP contribution in [0.15, 0.2) is 6.07 Å². The Morgan fingerprint density at radius 1 is 1.19 bits per heavy atom. The zero-order chi connectivity index (χ0) is 22.9. The van der Waals surface area contributed by atoms with Gasteiger partial charge in [-0.15, -0.1) is 11.3 Å². The van der Waals surface area contributed by atoms with Crippen LogP contribution in [0.2, 0.25) is 0 Å². The van der Waals surface area contributed by atoms with Gasteiger partial charge in [0.25, 0.3) is 0 Å². The minimum Gasteiger partial charge on any atom is -0.477 e. The van der Waals surface area contributed by atoms with Crippen LogP contribution in [0.5, 0.6) is 0 Å². The summed E-state index contributed by atoms with van der Waals surface area (Å²) in [5.41, 5.74) is 0.0828. The molecule has 1 aliphatic carbocycles. The lowest BCUT2D eigenvalue weighted by Crippen LogP contribution is -2.48. The number of rotatable bonds is 4. The van der Waals surface area contributed by atoms with Gasteiger partial charge in [-0.3, -0.25) is 14.5 Å². The predicted octanol–water partition coefficient (Wildman–Crippen LogP) is 4.23. The SMILES string of the molecule is CC1CCC(C(=O)N(c2cc(C#CC(C)(C)C)sc2C(=O)O)[C@H]2CCN(C)C2=O)CC1. The fourth-order valence-corrected chi connectivity index (χ4v) is 5.05. The number of aromatic carboxylic acids is 1. The Labute approximate surface area is 188 Å². The summed E-state index contributed by atoms with van der Waals surface area (Å²) >= 11 is 1.07. The van der Waals surface area contributed by atoms with Crippen molar-refractivity contribution in [3.8, 4) is 11.8 Å². The lowest BCUT2D eigenvalue weighted by Gasteiger charge is -2.33.